The summed E-state index contributed by atoms with van der Waals surface area (Å²) >= 11 is 1.79. The minimum absolute atomic E-state index is 0.788. The molecule has 0 aliphatic heterocycles. The molecule has 0 amide bonds. The molecule has 1 heterocycles. The predicted molar refractivity (Wildman–Crippen MR) is 77.1 cm³/mol. The summed E-state index contributed by atoms with van der Waals surface area (Å²) in [5, 5.41) is 5.54. The number of ether oxygens (including phenoxy) is 1. The van der Waals surface area contributed by atoms with Gasteiger partial charge in [0.2, 0.25) is 0 Å². The van der Waals surface area contributed by atoms with Crippen LogP contribution in [0.3, 0.4) is 0 Å². The number of nitrogens with one attached hydrogen (secondary N) is 1. The van der Waals surface area contributed by atoms with Gasteiger partial charge in [0.15, 0.2) is 0 Å². The normalized spacial score (nSPS) is 10.5. The molecule has 0 unspecified atom stereocenters. The topological polar surface area (TPSA) is 21.3 Å². The molecule has 1 N–H and O–H groups in total. The average Bonchev–Trinajstić information content (AvgIpc) is 2.91. The summed E-state index contributed by atoms with van der Waals surface area (Å²) in [6.45, 7) is 4.73. The van der Waals surface area contributed by atoms with Crippen molar-refractivity contribution in [3.63, 3.8) is 0 Å². The molecule has 0 fully saturated rings. The van der Waals surface area contributed by atoms with E-state index < -0.39 is 0 Å². The Balaban J connectivity index is 1.75. The number of hydrogen-bond donors (Lipinski definition) is 1. The molecule has 1 aromatic carbocycles. The first-order valence-electron chi connectivity index (χ1n) is 6.33. The Morgan fingerprint density at radius 3 is 2.61 bits per heavy atom. The molecule has 0 radical (unpaired) electrons. The molecule has 96 valence electrons. The molecule has 2 aromatic rings. The van der Waals surface area contributed by atoms with E-state index in [4.69, 9.17) is 4.74 Å². The zero-order chi connectivity index (χ0) is 12.6. The van der Waals surface area contributed by atoms with E-state index in [2.05, 4.69) is 41.9 Å². The van der Waals surface area contributed by atoms with Gasteiger partial charge in [0, 0.05) is 18.0 Å². The van der Waals surface area contributed by atoms with E-state index in [0.717, 1.165) is 31.9 Å². The maximum Gasteiger partial charge on any atom is 0.119 e. The lowest BCUT2D eigenvalue weighted by atomic mass is 10.2. The van der Waals surface area contributed by atoms with Crippen molar-refractivity contribution >= 4 is 11.3 Å². The van der Waals surface area contributed by atoms with E-state index in [-0.39, 0.29) is 0 Å². The van der Waals surface area contributed by atoms with Crippen molar-refractivity contribution in [2.45, 2.75) is 26.4 Å². The van der Waals surface area contributed by atoms with E-state index >= 15 is 0 Å². The Bertz CT molecular complexity index is 436. The van der Waals surface area contributed by atoms with Gasteiger partial charge in [-0.15, -0.1) is 11.3 Å². The SMILES string of the molecule is CCCOc1ccc(CNCc2cccs2)cc1. The second-order valence-corrected chi connectivity index (χ2v) is 5.21. The van der Waals surface area contributed by atoms with Crippen LogP contribution in [0, 0.1) is 0 Å². The van der Waals surface area contributed by atoms with Crippen molar-refractivity contribution in [3.8, 4) is 5.75 Å². The predicted octanol–water partition coefficient (Wildman–Crippen LogP) is 3.83. The second-order valence-electron chi connectivity index (χ2n) is 4.18. The number of hydrogen-bond acceptors (Lipinski definition) is 3. The third-order valence-electron chi connectivity index (χ3n) is 2.60. The van der Waals surface area contributed by atoms with Crippen LogP contribution in [0.2, 0.25) is 0 Å². The molecule has 0 atom stereocenters. The Hall–Kier alpha value is -1.32. The van der Waals surface area contributed by atoms with Crippen LogP contribution >= 0.6 is 11.3 Å². The first-order chi connectivity index (χ1) is 8.88. The third-order valence-corrected chi connectivity index (χ3v) is 3.48. The highest BCUT2D eigenvalue weighted by Gasteiger charge is 1.96. The Morgan fingerprint density at radius 1 is 1.11 bits per heavy atom. The van der Waals surface area contributed by atoms with Crippen LogP contribution in [-0.4, -0.2) is 6.61 Å². The highest BCUT2D eigenvalue weighted by Crippen LogP contribution is 2.13. The molecule has 3 heteroatoms. The van der Waals surface area contributed by atoms with Gasteiger partial charge in [0.05, 0.1) is 6.61 Å². The van der Waals surface area contributed by atoms with Crippen molar-refractivity contribution in [2.24, 2.45) is 0 Å². The molecule has 18 heavy (non-hydrogen) atoms. The first kappa shape index (κ1) is 13.1. The summed E-state index contributed by atoms with van der Waals surface area (Å²) in [4.78, 5) is 1.37. The summed E-state index contributed by atoms with van der Waals surface area (Å²) in [5.74, 6) is 0.957. The van der Waals surface area contributed by atoms with E-state index in [9.17, 15) is 0 Å². The van der Waals surface area contributed by atoms with Crippen LogP contribution in [-0.2, 0) is 13.1 Å². The molecule has 0 saturated carbocycles. The molecule has 0 aliphatic carbocycles. The van der Waals surface area contributed by atoms with Gasteiger partial charge in [-0.1, -0.05) is 25.1 Å². The van der Waals surface area contributed by atoms with Crippen molar-refractivity contribution in [1.29, 1.82) is 0 Å². The van der Waals surface area contributed by atoms with Crippen LogP contribution in [0.4, 0.5) is 0 Å². The van der Waals surface area contributed by atoms with Gasteiger partial charge in [0.1, 0.15) is 5.75 Å². The lowest BCUT2D eigenvalue weighted by molar-refractivity contribution is 0.317. The van der Waals surface area contributed by atoms with E-state index in [0.29, 0.717) is 0 Å². The Morgan fingerprint density at radius 2 is 1.94 bits per heavy atom. The molecule has 2 nitrogen and oxygen atoms in total. The molecule has 0 spiro atoms. The largest absolute Gasteiger partial charge is 0.494 e. The van der Waals surface area contributed by atoms with Gasteiger partial charge >= 0.3 is 0 Å². The van der Waals surface area contributed by atoms with E-state index in [1.807, 2.05) is 12.1 Å². The molecular formula is C15H19NOS. The van der Waals surface area contributed by atoms with Crippen molar-refractivity contribution in [3.05, 3.63) is 52.2 Å². The standard InChI is InChI=1S/C15H19NOS/c1-2-9-17-14-7-5-13(6-8-14)11-16-12-15-4-3-10-18-15/h3-8,10,16H,2,9,11-12H2,1H3. The fourth-order valence-corrected chi connectivity index (χ4v) is 2.34. The molecule has 1 aromatic heterocycles. The fourth-order valence-electron chi connectivity index (χ4n) is 1.67. The van der Waals surface area contributed by atoms with Gasteiger partial charge in [-0.25, -0.2) is 0 Å². The smallest absolute Gasteiger partial charge is 0.119 e. The van der Waals surface area contributed by atoms with Crippen LogP contribution in [0.25, 0.3) is 0 Å². The monoisotopic (exact) mass is 261 g/mol. The summed E-state index contributed by atoms with van der Waals surface area (Å²) < 4.78 is 5.55. The van der Waals surface area contributed by atoms with E-state index in [1.54, 1.807) is 11.3 Å². The zero-order valence-corrected chi connectivity index (χ0v) is 11.5. The van der Waals surface area contributed by atoms with Crippen LogP contribution in [0.15, 0.2) is 41.8 Å². The molecule has 0 aliphatic rings. The number of benzene rings is 1. The summed E-state index contributed by atoms with van der Waals surface area (Å²) in [7, 11) is 0. The van der Waals surface area contributed by atoms with Crippen LogP contribution < -0.4 is 10.1 Å². The second kappa shape index (κ2) is 7.19. The zero-order valence-electron chi connectivity index (χ0n) is 10.7. The molecule has 0 bridgehead atoms. The fraction of sp³-hybridized carbons (Fsp3) is 0.333. The Labute approximate surface area is 113 Å². The van der Waals surface area contributed by atoms with Gasteiger partial charge in [-0.2, -0.15) is 0 Å². The van der Waals surface area contributed by atoms with E-state index in [1.165, 1.54) is 10.4 Å². The number of thiophene rings is 1. The third kappa shape index (κ3) is 4.17. The summed E-state index contributed by atoms with van der Waals surface area (Å²) in [6.07, 6.45) is 1.05. The quantitative estimate of drug-likeness (QED) is 0.818. The Kier molecular flexibility index (Phi) is 5.24. The molecular weight excluding hydrogens is 242 g/mol. The highest BCUT2D eigenvalue weighted by molar-refractivity contribution is 7.09. The maximum atomic E-state index is 5.55. The van der Waals surface area contributed by atoms with Gasteiger partial charge < -0.3 is 10.1 Å². The van der Waals surface area contributed by atoms with Gasteiger partial charge in [-0.05, 0) is 35.6 Å². The lowest BCUT2D eigenvalue weighted by Crippen LogP contribution is -2.11. The summed E-state index contributed by atoms with van der Waals surface area (Å²) in [6, 6.07) is 12.6. The summed E-state index contributed by atoms with van der Waals surface area (Å²) in [5.41, 5.74) is 1.29. The molecule has 2 rings (SSSR count). The first-order valence-corrected chi connectivity index (χ1v) is 7.21. The number of rotatable bonds is 7. The highest BCUT2D eigenvalue weighted by atomic mass is 32.1. The van der Waals surface area contributed by atoms with Crippen LogP contribution in [0.5, 0.6) is 5.75 Å². The van der Waals surface area contributed by atoms with Crippen molar-refractivity contribution in [2.75, 3.05) is 6.61 Å². The average molecular weight is 261 g/mol. The van der Waals surface area contributed by atoms with Gasteiger partial charge in [0.25, 0.3) is 0 Å². The minimum atomic E-state index is 0.788. The van der Waals surface area contributed by atoms with Crippen molar-refractivity contribution < 1.29 is 4.74 Å². The van der Waals surface area contributed by atoms with Crippen molar-refractivity contribution in [1.82, 2.24) is 5.32 Å². The maximum absolute atomic E-state index is 5.55. The van der Waals surface area contributed by atoms with Crippen LogP contribution in [0.1, 0.15) is 23.8 Å². The molecule has 0 saturated heterocycles. The minimum Gasteiger partial charge on any atom is -0.494 e. The van der Waals surface area contributed by atoms with Gasteiger partial charge in [-0.3, -0.25) is 0 Å². The lowest BCUT2D eigenvalue weighted by Gasteiger charge is -2.06.